The molecule has 0 unspecified atom stereocenters. The highest BCUT2D eigenvalue weighted by atomic mass is 32.2. The normalized spacial score (nSPS) is 28.4. The highest BCUT2D eigenvalue weighted by Gasteiger charge is 2.40. The first-order valence-electron chi connectivity index (χ1n) is 8.73. The predicted molar refractivity (Wildman–Crippen MR) is 98.8 cm³/mol. The summed E-state index contributed by atoms with van der Waals surface area (Å²) in [5.41, 5.74) is 0.774. The summed E-state index contributed by atoms with van der Waals surface area (Å²) in [5.74, 6) is 0.625. The zero-order valence-corrected chi connectivity index (χ0v) is 14.9. The average Bonchev–Trinajstić information content (AvgIpc) is 3.34. The van der Waals surface area contributed by atoms with Crippen molar-refractivity contribution in [1.82, 2.24) is 15.2 Å². The van der Waals surface area contributed by atoms with Crippen LogP contribution in [-0.4, -0.2) is 40.0 Å². The molecule has 7 heteroatoms. The monoisotopic (exact) mass is 369 g/mol. The summed E-state index contributed by atoms with van der Waals surface area (Å²) in [4.78, 5) is 42.4. The first-order valence-corrected chi connectivity index (χ1v) is 9.55. The topological polar surface area (TPSA) is 79.4 Å². The lowest BCUT2D eigenvalue weighted by Gasteiger charge is -2.19. The molecule has 2 heterocycles. The fourth-order valence-corrected chi connectivity index (χ4v) is 4.67. The van der Waals surface area contributed by atoms with Crippen LogP contribution in [0.25, 0.3) is 6.08 Å². The maximum absolute atomic E-state index is 12.4. The molecule has 3 amide bonds. The van der Waals surface area contributed by atoms with Crippen LogP contribution in [0, 0.1) is 17.8 Å². The summed E-state index contributed by atoms with van der Waals surface area (Å²) in [7, 11) is 0. The highest BCUT2D eigenvalue weighted by molar-refractivity contribution is 8.18. The molecule has 1 saturated carbocycles. The highest BCUT2D eigenvalue weighted by Crippen LogP contribution is 2.43. The number of nitrogens with one attached hydrogen (secondary N) is 1. The van der Waals surface area contributed by atoms with Crippen molar-refractivity contribution in [3.63, 3.8) is 0 Å². The van der Waals surface area contributed by atoms with Gasteiger partial charge in [0.2, 0.25) is 5.91 Å². The number of amides is 3. The number of carbonyl (C=O) groups excluding carboxylic acids is 3. The molecule has 2 bridgehead atoms. The van der Waals surface area contributed by atoms with Crippen LogP contribution in [0.2, 0.25) is 0 Å². The van der Waals surface area contributed by atoms with Crippen LogP contribution in [0.5, 0.6) is 0 Å². The number of nitrogens with zero attached hydrogens (tertiary/aromatic N) is 2. The number of thioether (sulfide) groups is 1. The van der Waals surface area contributed by atoms with E-state index < -0.39 is 0 Å². The van der Waals surface area contributed by atoms with Crippen molar-refractivity contribution >= 4 is 34.9 Å². The van der Waals surface area contributed by atoms with Gasteiger partial charge in [-0.15, -0.1) is 0 Å². The van der Waals surface area contributed by atoms with Crippen LogP contribution in [0.4, 0.5) is 4.79 Å². The van der Waals surface area contributed by atoms with E-state index >= 15 is 0 Å². The van der Waals surface area contributed by atoms with Gasteiger partial charge in [-0.25, -0.2) is 0 Å². The Morgan fingerprint density at radius 3 is 2.92 bits per heavy atom. The third kappa shape index (κ3) is 3.31. The van der Waals surface area contributed by atoms with E-state index in [-0.39, 0.29) is 36.1 Å². The fourth-order valence-electron chi connectivity index (χ4n) is 3.81. The molecule has 2 fully saturated rings. The Morgan fingerprint density at radius 2 is 2.23 bits per heavy atom. The molecular weight excluding hydrogens is 350 g/mol. The second-order valence-corrected chi connectivity index (χ2v) is 7.79. The number of fused-ring (bicyclic) bond motifs is 2. The average molecular weight is 369 g/mol. The van der Waals surface area contributed by atoms with Gasteiger partial charge in [0.1, 0.15) is 0 Å². The Labute approximate surface area is 155 Å². The maximum atomic E-state index is 12.4. The molecule has 3 aliphatic rings. The van der Waals surface area contributed by atoms with Gasteiger partial charge in [0, 0.05) is 31.4 Å². The van der Waals surface area contributed by atoms with E-state index in [9.17, 15) is 14.4 Å². The summed E-state index contributed by atoms with van der Waals surface area (Å²) in [6.45, 7) is 0.478. The van der Waals surface area contributed by atoms with Gasteiger partial charge in [-0.3, -0.25) is 24.3 Å². The molecular formula is C19H19N3O3S. The van der Waals surface area contributed by atoms with Gasteiger partial charge in [0.15, 0.2) is 0 Å². The Kier molecular flexibility index (Phi) is 4.63. The summed E-state index contributed by atoms with van der Waals surface area (Å²) < 4.78 is 0. The molecule has 0 aromatic carbocycles. The second kappa shape index (κ2) is 7.07. The maximum Gasteiger partial charge on any atom is 0.293 e. The van der Waals surface area contributed by atoms with E-state index in [0.29, 0.717) is 16.7 Å². The smallest absolute Gasteiger partial charge is 0.293 e. The van der Waals surface area contributed by atoms with Crippen LogP contribution in [0.1, 0.15) is 18.4 Å². The molecule has 0 radical (unpaired) electrons. The van der Waals surface area contributed by atoms with Gasteiger partial charge in [-0.1, -0.05) is 18.2 Å². The van der Waals surface area contributed by atoms with Gasteiger partial charge < -0.3 is 5.32 Å². The van der Waals surface area contributed by atoms with E-state index in [4.69, 9.17) is 0 Å². The van der Waals surface area contributed by atoms with Crippen LogP contribution in [-0.2, 0) is 9.59 Å². The number of allylic oxidation sites excluding steroid dienone is 2. The van der Waals surface area contributed by atoms with Crippen molar-refractivity contribution < 1.29 is 14.4 Å². The Balaban J connectivity index is 1.31. The van der Waals surface area contributed by atoms with Crippen LogP contribution < -0.4 is 5.32 Å². The second-order valence-electron chi connectivity index (χ2n) is 6.80. The molecule has 1 saturated heterocycles. The number of hydrogen-bond acceptors (Lipinski definition) is 5. The Hall–Kier alpha value is -2.41. The summed E-state index contributed by atoms with van der Waals surface area (Å²) in [6.07, 6.45) is 11.3. The molecule has 4 rings (SSSR count). The van der Waals surface area contributed by atoms with Gasteiger partial charge in [0.25, 0.3) is 11.1 Å². The van der Waals surface area contributed by atoms with Crippen molar-refractivity contribution in [2.24, 2.45) is 17.8 Å². The van der Waals surface area contributed by atoms with E-state index in [2.05, 4.69) is 22.5 Å². The van der Waals surface area contributed by atoms with Crippen LogP contribution in [0.15, 0.2) is 41.6 Å². The largest absolute Gasteiger partial charge is 0.354 e. The number of rotatable bonds is 5. The Bertz CT molecular complexity index is 806. The van der Waals surface area contributed by atoms with Crippen molar-refractivity contribution in [1.29, 1.82) is 0 Å². The van der Waals surface area contributed by atoms with Crippen molar-refractivity contribution in [2.75, 3.05) is 13.1 Å². The standard InChI is InChI=1S/C19H19N3O3S/c23-17(15-9-12-3-4-14(15)8-12)21-6-7-22-18(24)16(26-19(22)25)10-13-2-1-5-20-11-13/h1-5,10-12,14-15H,6-9H2,(H,21,23)/b16-10-/t12-,14+,15-/m0/s1. The fraction of sp³-hybridized carbons (Fsp3) is 0.368. The summed E-state index contributed by atoms with van der Waals surface area (Å²) >= 11 is 0.920. The molecule has 1 aromatic rings. The summed E-state index contributed by atoms with van der Waals surface area (Å²) in [6, 6.07) is 3.60. The minimum atomic E-state index is -0.319. The first-order chi connectivity index (χ1) is 12.6. The van der Waals surface area contributed by atoms with E-state index in [1.165, 1.54) is 4.90 Å². The third-order valence-electron chi connectivity index (χ3n) is 5.11. The zero-order chi connectivity index (χ0) is 18.1. The third-order valence-corrected chi connectivity index (χ3v) is 6.01. The number of pyridine rings is 1. The van der Waals surface area contributed by atoms with E-state index in [1.54, 1.807) is 24.5 Å². The van der Waals surface area contributed by atoms with Gasteiger partial charge >= 0.3 is 0 Å². The number of carbonyl (C=O) groups is 3. The van der Waals surface area contributed by atoms with Crippen molar-refractivity contribution in [3.8, 4) is 0 Å². The lowest BCUT2D eigenvalue weighted by Crippen LogP contribution is -2.40. The predicted octanol–water partition coefficient (Wildman–Crippen LogP) is 2.45. The molecule has 0 spiro atoms. The minimum Gasteiger partial charge on any atom is -0.354 e. The molecule has 1 N–H and O–H groups in total. The van der Waals surface area contributed by atoms with Crippen molar-refractivity contribution in [2.45, 2.75) is 12.8 Å². The summed E-state index contributed by atoms with van der Waals surface area (Å²) in [5, 5.41) is 2.58. The number of aromatic nitrogens is 1. The van der Waals surface area contributed by atoms with Gasteiger partial charge in [-0.05, 0) is 54.1 Å². The van der Waals surface area contributed by atoms with Gasteiger partial charge in [-0.2, -0.15) is 0 Å². The minimum absolute atomic E-state index is 0.0275. The molecule has 134 valence electrons. The molecule has 6 nitrogen and oxygen atoms in total. The van der Waals surface area contributed by atoms with Crippen LogP contribution in [0.3, 0.4) is 0 Å². The molecule has 2 aliphatic carbocycles. The number of hydrogen-bond donors (Lipinski definition) is 1. The van der Waals surface area contributed by atoms with Gasteiger partial charge in [0.05, 0.1) is 4.91 Å². The Morgan fingerprint density at radius 1 is 1.35 bits per heavy atom. The first kappa shape index (κ1) is 17.0. The molecule has 3 atom stereocenters. The zero-order valence-electron chi connectivity index (χ0n) is 14.1. The molecule has 1 aliphatic heterocycles. The number of imide groups is 1. The lowest BCUT2D eigenvalue weighted by atomic mass is 9.93. The quantitative estimate of drug-likeness (QED) is 0.637. The lowest BCUT2D eigenvalue weighted by molar-refractivity contribution is -0.127. The molecule has 26 heavy (non-hydrogen) atoms. The van der Waals surface area contributed by atoms with Crippen LogP contribution >= 0.6 is 11.8 Å². The molecule has 1 aromatic heterocycles. The van der Waals surface area contributed by atoms with Crippen molar-refractivity contribution in [3.05, 3.63) is 47.1 Å². The van der Waals surface area contributed by atoms with E-state index in [0.717, 1.165) is 30.2 Å². The SMILES string of the molecule is O=C(NCCN1C(=O)S/C(=C\c2cccnc2)C1=O)[C@H]1C[C@H]2C=C[C@@H]1C2. The van der Waals surface area contributed by atoms with E-state index in [1.807, 2.05) is 6.07 Å².